The number of ether oxygens (including phenoxy) is 1. The Hall–Kier alpha value is -3.23. The lowest BCUT2D eigenvalue weighted by molar-refractivity contribution is -0.0791. The number of hydrogen-bond acceptors (Lipinski definition) is 5. The van der Waals surface area contributed by atoms with Gasteiger partial charge in [-0.25, -0.2) is 19.9 Å². The van der Waals surface area contributed by atoms with Crippen molar-refractivity contribution in [2.75, 3.05) is 0 Å². The van der Waals surface area contributed by atoms with E-state index in [0.29, 0.717) is 18.2 Å². The standard InChI is InChI=1S/C17H10F8N4OS.C2H6B/c18-17(19,20)6-5-14-28-9-11(10-29-14)15-16(27-8-7-26-15)30-12-1-3-13(4-2-12)31(21,22,23,24)25;1-3-2/h1-10H;1-2H3/b6-5+;. The van der Waals surface area contributed by atoms with Gasteiger partial charge in [-0.05, 0) is 30.3 Å². The zero-order valence-corrected chi connectivity index (χ0v) is 18.3. The predicted octanol–water partition coefficient (Wildman–Crippen LogP) is 7.75. The molecule has 0 aliphatic heterocycles. The van der Waals surface area contributed by atoms with E-state index in [4.69, 9.17) is 4.74 Å². The molecule has 3 aromatic rings. The molecule has 0 aliphatic carbocycles. The van der Waals surface area contributed by atoms with Crippen LogP contribution in [0.3, 0.4) is 0 Å². The first-order valence-electron chi connectivity index (χ1n) is 9.18. The highest BCUT2D eigenvalue weighted by Crippen LogP contribution is 3.02. The van der Waals surface area contributed by atoms with Crippen LogP contribution in [0.1, 0.15) is 5.82 Å². The summed E-state index contributed by atoms with van der Waals surface area (Å²) in [6.07, 6.45) is 0.781. The molecule has 3 rings (SSSR count). The second-order valence-electron chi connectivity index (χ2n) is 6.53. The van der Waals surface area contributed by atoms with E-state index in [-0.39, 0.29) is 46.9 Å². The van der Waals surface area contributed by atoms with Crippen LogP contribution < -0.4 is 4.74 Å². The van der Waals surface area contributed by atoms with Crippen molar-refractivity contribution in [3.8, 4) is 22.9 Å². The monoisotopic (exact) mass is 511 g/mol. The molecule has 0 atom stereocenters. The van der Waals surface area contributed by atoms with Crippen molar-refractivity contribution >= 4 is 23.6 Å². The van der Waals surface area contributed by atoms with Crippen LogP contribution in [0.2, 0.25) is 13.6 Å². The molecular formula is C19H16BF8N4OS. The molecule has 1 aromatic carbocycles. The number of hydrogen-bond donors (Lipinski definition) is 0. The van der Waals surface area contributed by atoms with Crippen molar-refractivity contribution in [1.82, 2.24) is 19.9 Å². The Labute approximate surface area is 189 Å². The van der Waals surface area contributed by atoms with E-state index in [1.54, 1.807) is 0 Å². The summed E-state index contributed by atoms with van der Waals surface area (Å²) in [5.74, 6) is -0.693. The average molecular weight is 511 g/mol. The summed E-state index contributed by atoms with van der Waals surface area (Å²) >= 11 is 0. The van der Waals surface area contributed by atoms with Crippen LogP contribution in [0.4, 0.5) is 32.6 Å². The number of alkyl halides is 3. The van der Waals surface area contributed by atoms with E-state index in [1.807, 2.05) is 20.9 Å². The van der Waals surface area contributed by atoms with E-state index in [0.717, 1.165) is 12.4 Å². The van der Waals surface area contributed by atoms with Gasteiger partial charge in [0.15, 0.2) is 5.82 Å². The van der Waals surface area contributed by atoms with Crippen LogP contribution in [0.25, 0.3) is 17.3 Å². The fourth-order valence-electron chi connectivity index (χ4n) is 2.19. The molecule has 0 bridgehead atoms. The molecule has 2 aromatic heterocycles. The molecule has 0 saturated heterocycles. The summed E-state index contributed by atoms with van der Waals surface area (Å²) in [6, 6.07) is 1.73. The van der Waals surface area contributed by atoms with Gasteiger partial charge in [0, 0.05) is 36.4 Å². The van der Waals surface area contributed by atoms with Crippen LogP contribution in [0.15, 0.2) is 60.0 Å². The molecule has 0 unspecified atom stereocenters. The zero-order chi connectivity index (χ0) is 25.7. The molecule has 0 aliphatic rings. The Morgan fingerprint density at radius 2 is 1.38 bits per heavy atom. The molecule has 5 nitrogen and oxygen atoms in total. The van der Waals surface area contributed by atoms with Crippen molar-refractivity contribution in [1.29, 1.82) is 0 Å². The Morgan fingerprint density at radius 1 is 0.853 bits per heavy atom. The maximum absolute atomic E-state index is 12.8. The summed E-state index contributed by atoms with van der Waals surface area (Å²) in [5, 5.41) is 0. The Kier molecular flexibility index (Phi) is 7.31. The molecule has 0 amide bonds. The molecule has 0 spiro atoms. The first kappa shape index (κ1) is 27.0. The first-order chi connectivity index (χ1) is 15.5. The Balaban J connectivity index is 0.00000129. The van der Waals surface area contributed by atoms with Gasteiger partial charge in [0.25, 0.3) is 0 Å². The van der Waals surface area contributed by atoms with Crippen molar-refractivity contribution in [2.45, 2.75) is 24.7 Å². The highest BCUT2D eigenvalue weighted by Gasteiger charge is 2.65. The van der Waals surface area contributed by atoms with E-state index in [2.05, 4.69) is 19.9 Å². The second kappa shape index (κ2) is 9.20. The smallest absolute Gasteiger partial charge is 0.409 e. The average Bonchev–Trinajstić information content (AvgIpc) is 2.72. The van der Waals surface area contributed by atoms with Crippen molar-refractivity contribution in [2.24, 2.45) is 0 Å². The van der Waals surface area contributed by atoms with Gasteiger partial charge in [0.2, 0.25) is 5.88 Å². The third-order valence-electron chi connectivity index (χ3n) is 3.51. The number of aromatic nitrogens is 4. The highest BCUT2D eigenvalue weighted by atomic mass is 32.5. The number of rotatable bonds is 5. The normalized spacial score (nSPS) is 13.9. The number of halogens is 8. The van der Waals surface area contributed by atoms with Gasteiger partial charge in [-0.15, -0.1) is 0 Å². The Bertz CT molecular complexity index is 1140. The summed E-state index contributed by atoms with van der Waals surface area (Å²) < 4.78 is 106. The molecule has 1 radical (unpaired) electrons. The molecule has 183 valence electrons. The van der Waals surface area contributed by atoms with Crippen LogP contribution in [-0.4, -0.2) is 33.4 Å². The van der Waals surface area contributed by atoms with E-state index in [1.165, 1.54) is 12.4 Å². The van der Waals surface area contributed by atoms with Gasteiger partial charge in [0.1, 0.15) is 23.6 Å². The molecule has 15 heteroatoms. The van der Waals surface area contributed by atoms with Crippen LogP contribution in [0, 0.1) is 0 Å². The predicted molar refractivity (Wildman–Crippen MR) is 114 cm³/mol. The SMILES string of the molecule is C[B]C.FC(F)(F)/C=C/c1ncc(-c2nccnc2Oc2ccc(S(F)(F)(F)(F)F)cc2)cn1. The lowest BCUT2D eigenvalue weighted by Crippen LogP contribution is -2.05. The van der Waals surface area contributed by atoms with Gasteiger partial charge in [0.05, 0.1) is 0 Å². The van der Waals surface area contributed by atoms with Crippen LogP contribution in [0.5, 0.6) is 11.6 Å². The minimum Gasteiger partial charge on any atom is -0.437 e. The van der Waals surface area contributed by atoms with Crippen molar-refractivity contribution in [3.63, 3.8) is 0 Å². The molecular weight excluding hydrogens is 495 g/mol. The quantitative estimate of drug-likeness (QED) is 0.259. The fraction of sp³-hybridized carbons (Fsp3) is 0.158. The van der Waals surface area contributed by atoms with Gasteiger partial charge >= 0.3 is 16.4 Å². The summed E-state index contributed by atoms with van der Waals surface area (Å²) in [7, 11) is -7.82. The maximum atomic E-state index is 12.8. The minimum atomic E-state index is -9.82. The third kappa shape index (κ3) is 8.28. The van der Waals surface area contributed by atoms with Gasteiger partial charge < -0.3 is 4.74 Å². The number of nitrogens with zero attached hydrogens (tertiary/aromatic N) is 4. The summed E-state index contributed by atoms with van der Waals surface area (Å²) in [4.78, 5) is 13.2. The van der Waals surface area contributed by atoms with Crippen LogP contribution >= 0.6 is 10.2 Å². The highest BCUT2D eigenvalue weighted by molar-refractivity contribution is 8.45. The number of allylic oxidation sites excluding steroid dienone is 1. The molecule has 2 heterocycles. The second-order valence-corrected chi connectivity index (χ2v) is 8.94. The Morgan fingerprint density at radius 3 is 1.88 bits per heavy atom. The van der Waals surface area contributed by atoms with Gasteiger partial charge in [-0.2, -0.15) is 13.2 Å². The maximum Gasteiger partial charge on any atom is 0.409 e. The molecule has 0 saturated carbocycles. The molecule has 34 heavy (non-hydrogen) atoms. The van der Waals surface area contributed by atoms with Gasteiger partial charge in [-0.1, -0.05) is 33.1 Å². The van der Waals surface area contributed by atoms with Crippen LogP contribution in [-0.2, 0) is 0 Å². The lowest BCUT2D eigenvalue weighted by atomic mass is 9.88. The largest absolute Gasteiger partial charge is 0.437 e. The van der Waals surface area contributed by atoms with Crippen molar-refractivity contribution < 1.29 is 37.3 Å². The summed E-state index contributed by atoms with van der Waals surface area (Å²) in [5.41, 5.74) is 0.196. The van der Waals surface area contributed by atoms with E-state index in [9.17, 15) is 32.6 Å². The summed E-state index contributed by atoms with van der Waals surface area (Å²) in [6.45, 7) is 4.00. The van der Waals surface area contributed by atoms with Gasteiger partial charge in [-0.3, -0.25) is 0 Å². The van der Waals surface area contributed by atoms with E-state index < -0.39 is 21.3 Å². The zero-order valence-electron chi connectivity index (χ0n) is 17.5. The van der Waals surface area contributed by atoms with E-state index >= 15 is 0 Å². The topological polar surface area (TPSA) is 60.8 Å². The minimum absolute atomic E-state index is 0.0191. The third-order valence-corrected chi connectivity index (χ3v) is 4.68. The fourth-order valence-corrected chi connectivity index (χ4v) is 2.84. The lowest BCUT2D eigenvalue weighted by Gasteiger charge is -2.40. The first-order valence-corrected chi connectivity index (χ1v) is 11.1. The number of benzene rings is 1. The molecule has 0 N–H and O–H groups in total. The van der Waals surface area contributed by atoms with Crippen molar-refractivity contribution in [3.05, 3.63) is 61.0 Å². The molecule has 0 fully saturated rings.